The van der Waals surface area contributed by atoms with Crippen LogP contribution in [0.5, 0.6) is 0 Å². The Morgan fingerprint density at radius 3 is 1.44 bits per heavy atom. The maximum absolute atomic E-state index is 13.1. The molecule has 4 saturated carbocycles. The van der Waals surface area contributed by atoms with Gasteiger partial charge in [0.05, 0.1) is 24.9 Å². The molecule has 8 fully saturated rings. The topological polar surface area (TPSA) is 292 Å². The largest absolute Gasteiger partial charge is 0.463 e. The molecule has 0 bridgehead atoms. The molecule has 0 aromatic carbocycles. The summed E-state index contributed by atoms with van der Waals surface area (Å²) in [6, 6.07) is 0. The van der Waals surface area contributed by atoms with Gasteiger partial charge in [-0.15, -0.1) is 0 Å². The van der Waals surface area contributed by atoms with Crippen molar-refractivity contribution in [1.29, 1.82) is 0 Å². The Kier molecular flexibility index (Phi) is 18.9. The standard InChI is InChI=1S/C57H82O24/c1-25-18-45(70-29(5)60)57(69-22-25)26(2)46-42(81-57)21-39-37-20-41(78-54-52(76-35(11)66)50(74-33(9)64)48(72-31(7)62)44(80-54)24-68-28(4)59)40-19-36(14-16-55(40,12)38(37)15-17-56(39,46)13)77-53-51(75-34(10)65)49(73-32(8)63)47(71-30(6)61)43(79-53)23-67-27(3)58/h25-26,36-54H,14-24H2,1-13H3/t25?,26-,36-,37+,38-,39-,40+,41-,42-,43+,44+,45-,46-,47+,48+,49-,50-,51+,52+,53+,54+,55+,56-,57?/m0/s1. The van der Waals surface area contributed by atoms with E-state index in [1.807, 2.05) is 0 Å². The summed E-state index contributed by atoms with van der Waals surface area (Å²) < 4.78 is 92.3. The normalized spacial score (nSPS) is 43.1. The van der Waals surface area contributed by atoms with Crippen molar-refractivity contribution in [1.82, 2.24) is 0 Å². The molecule has 1 spiro atoms. The molecule has 24 atom stereocenters. The Balaban J connectivity index is 1.17. The Bertz CT molecular complexity index is 2400. The van der Waals surface area contributed by atoms with Gasteiger partial charge in [-0.2, -0.15) is 0 Å². The number of rotatable bonds is 15. The minimum Gasteiger partial charge on any atom is -0.463 e. The van der Waals surface area contributed by atoms with Gasteiger partial charge >= 0.3 is 53.7 Å². The van der Waals surface area contributed by atoms with Crippen molar-refractivity contribution in [2.75, 3.05) is 19.8 Å². The molecule has 8 rings (SSSR count). The third kappa shape index (κ3) is 12.9. The van der Waals surface area contributed by atoms with Gasteiger partial charge in [0.15, 0.2) is 55.3 Å². The SMILES string of the molecule is CC(=O)OC[C@H]1O[C@@H](O[C@H]2CC[C@@]3(C)[C@H](C2)[C@@H](O[C@@H]2O[C@H](COC(C)=O)[C@@H](OC(C)=O)[C@H](OC(C)=O)[C@H]2OC(C)=O)C[C@@H]2[C@@H]3CC[C@]3(C)[C@@H]4[C@H](C[C@@H]23)OC2(OCC(C)C[C@@H]2OC(C)=O)[C@H]4C)[C@H](OC(C)=O)[C@@H](OC(C)=O)[C@@H]1OC(C)=O. The van der Waals surface area contributed by atoms with Crippen molar-refractivity contribution in [3.8, 4) is 0 Å². The summed E-state index contributed by atoms with van der Waals surface area (Å²) in [5.41, 5.74) is -0.775. The average molecular weight is 1150 g/mol. The zero-order valence-electron chi connectivity index (χ0n) is 48.7. The molecule has 0 aromatic heterocycles. The molecule has 0 radical (unpaired) electrons. The molecular formula is C57H82O24. The second kappa shape index (κ2) is 24.7. The summed E-state index contributed by atoms with van der Waals surface area (Å²) >= 11 is 0. The monoisotopic (exact) mass is 1150 g/mol. The quantitative estimate of drug-likeness (QED) is 0.124. The fourth-order valence-corrected chi connectivity index (χ4v) is 15.9. The lowest BCUT2D eigenvalue weighted by atomic mass is 9.43. The van der Waals surface area contributed by atoms with Gasteiger partial charge < -0.3 is 71.1 Å². The van der Waals surface area contributed by atoms with E-state index in [1.54, 1.807) is 0 Å². The first-order valence-electron chi connectivity index (χ1n) is 28.5. The van der Waals surface area contributed by atoms with Gasteiger partial charge in [-0.05, 0) is 97.7 Å². The van der Waals surface area contributed by atoms with Crippen molar-refractivity contribution in [3.05, 3.63) is 0 Å². The van der Waals surface area contributed by atoms with E-state index in [2.05, 4.69) is 27.7 Å². The zero-order chi connectivity index (χ0) is 59.2. The third-order valence-electron chi connectivity index (χ3n) is 18.7. The van der Waals surface area contributed by atoms with Crippen LogP contribution in [-0.2, 0) is 114 Å². The molecule has 4 heterocycles. The van der Waals surface area contributed by atoms with Crippen LogP contribution < -0.4 is 0 Å². The van der Waals surface area contributed by atoms with E-state index in [-0.39, 0.29) is 59.4 Å². The van der Waals surface area contributed by atoms with Crippen LogP contribution in [-0.4, -0.2) is 165 Å². The van der Waals surface area contributed by atoms with Gasteiger partial charge in [0.2, 0.25) is 5.79 Å². The van der Waals surface area contributed by atoms with E-state index in [4.69, 9.17) is 71.1 Å². The van der Waals surface area contributed by atoms with Crippen LogP contribution in [0.2, 0.25) is 0 Å². The van der Waals surface area contributed by atoms with Crippen LogP contribution in [0.1, 0.15) is 141 Å². The van der Waals surface area contributed by atoms with Crippen LogP contribution in [0.25, 0.3) is 0 Å². The number of carbonyl (C=O) groups excluding carboxylic acids is 9. The van der Waals surface area contributed by atoms with Gasteiger partial charge in [-0.25, -0.2) is 0 Å². The van der Waals surface area contributed by atoms with Gasteiger partial charge in [-0.3, -0.25) is 43.2 Å². The van der Waals surface area contributed by atoms with Gasteiger partial charge in [0.1, 0.15) is 25.4 Å². The highest BCUT2D eigenvalue weighted by Gasteiger charge is 2.72. The molecule has 8 aliphatic rings. The number of hydrogen-bond acceptors (Lipinski definition) is 24. The second-order valence-corrected chi connectivity index (χ2v) is 24.3. The number of carbonyl (C=O) groups is 9. The highest BCUT2D eigenvalue weighted by atomic mass is 16.8. The smallest absolute Gasteiger partial charge is 0.303 e. The van der Waals surface area contributed by atoms with Crippen LogP contribution in [0, 0.1) is 52.3 Å². The lowest BCUT2D eigenvalue weighted by molar-refractivity contribution is -0.338. The van der Waals surface area contributed by atoms with E-state index >= 15 is 0 Å². The molecule has 0 amide bonds. The molecule has 81 heavy (non-hydrogen) atoms. The van der Waals surface area contributed by atoms with Crippen LogP contribution in [0.3, 0.4) is 0 Å². The number of ether oxygens (including phenoxy) is 15. The molecule has 24 nitrogen and oxygen atoms in total. The van der Waals surface area contributed by atoms with Crippen LogP contribution in [0.15, 0.2) is 0 Å². The molecule has 2 unspecified atom stereocenters. The maximum Gasteiger partial charge on any atom is 0.303 e. The summed E-state index contributed by atoms with van der Waals surface area (Å²) in [6.45, 7) is 19.0. The maximum atomic E-state index is 13.1. The van der Waals surface area contributed by atoms with E-state index in [0.29, 0.717) is 38.7 Å². The van der Waals surface area contributed by atoms with Crippen LogP contribution in [0.4, 0.5) is 0 Å². The number of hydrogen-bond donors (Lipinski definition) is 0. The molecule has 4 aliphatic carbocycles. The lowest BCUT2D eigenvalue weighted by Gasteiger charge is -2.63. The van der Waals surface area contributed by atoms with E-state index in [1.165, 1.54) is 20.8 Å². The number of esters is 9. The third-order valence-corrected chi connectivity index (χ3v) is 18.7. The van der Waals surface area contributed by atoms with Crippen molar-refractivity contribution >= 4 is 53.7 Å². The van der Waals surface area contributed by atoms with E-state index < -0.39 is 158 Å². The minimum atomic E-state index is -1.52. The fraction of sp³-hybridized carbons (Fsp3) is 0.842. The molecule has 0 aromatic rings. The summed E-state index contributed by atoms with van der Waals surface area (Å²) in [4.78, 5) is 114. The van der Waals surface area contributed by atoms with Crippen molar-refractivity contribution in [3.63, 3.8) is 0 Å². The minimum absolute atomic E-state index is 0.00630. The Hall–Kier alpha value is -5.01. The highest BCUT2D eigenvalue weighted by Crippen LogP contribution is 2.72. The summed E-state index contributed by atoms with van der Waals surface area (Å²) in [5.74, 6) is -7.77. The van der Waals surface area contributed by atoms with Crippen molar-refractivity contribution < 1.29 is 114 Å². The predicted octanol–water partition coefficient (Wildman–Crippen LogP) is 4.52. The molecular weight excluding hydrogens is 1070 g/mol. The number of fused-ring (bicyclic) bond motifs is 7. The van der Waals surface area contributed by atoms with Gasteiger partial charge in [0, 0.05) is 68.2 Å². The van der Waals surface area contributed by atoms with Gasteiger partial charge in [-0.1, -0.05) is 27.7 Å². The molecule has 4 saturated heterocycles. The molecule has 24 heteroatoms. The lowest BCUT2D eigenvalue weighted by Crippen LogP contribution is -2.65. The first-order valence-corrected chi connectivity index (χ1v) is 28.5. The van der Waals surface area contributed by atoms with Gasteiger partial charge in [0.25, 0.3) is 0 Å². The zero-order valence-corrected chi connectivity index (χ0v) is 48.7. The van der Waals surface area contributed by atoms with Crippen LogP contribution >= 0.6 is 0 Å². The Morgan fingerprint density at radius 1 is 0.481 bits per heavy atom. The summed E-state index contributed by atoms with van der Waals surface area (Å²) in [6.07, 6.45) is -11.9. The Morgan fingerprint density at radius 2 is 0.951 bits per heavy atom. The highest BCUT2D eigenvalue weighted by molar-refractivity contribution is 5.70. The first kappa shape index (κ1) is 62.0. The molecule has 4 aliphatic heterocycles. The fourth-order valence-electron chi connectivity index (χ4n) is 15.9. The average Bonchev–Trinajstić information content (AvgIpc) is 2.72. The molecule has 454 valence electrons. The second-order valence-electron chi connectivity index (χ2n) is 24.3. The molecule has 0 N–H and O–H groups in total. The predicted molar refractivity (Wildman–Crippen MR) is 272 cm³/mol. The van der Waals surface area contributed by atoms with E-state index in [0.717, 1.165) is 54.4 Å². The van der Waals surface area contributed by atoms with Crippen molar-refractivity contribution in [2.45, 2.75) is 233 Å². The van der Waals surface area contributed by atoms with Crippen molar-refractivity contribution in [2.24, 2.45) is 52.3 Å². The Labute approximate surface area is 471 Å². The first-order chi connectivity index (χ1) is 38.0. The van der Waals surface area contributed by atoms with E-state index in [9.17, 15) is 43.2 Å². The summed E-state index contributed by atoms with van der Waals surface area (Å²) in [7, 11) is 0. The summed E-state index contributed by atoms with van der Waals surface area (Å²) in [5, 5.41) is 0.